The van der Waals surface area contributed by atoms with Crippen molar-refractivity contribution in [3.63, 3.8) is 0 Å². The van der Waals surface area contributed by atoms with E-state index < -0.39 is 0 Å². The summed E-state index contributed by atoms with van der Waals surface area (Å²) in [6.45, 7) is 4.55. The fraction of sp³-hybridized carbons (Fsp3) is 1.00. The Morgan fingerprint density at radius 1 is 0.952 bits per heavy atom. The van der Waals surface area contributed by atoms with Crippen molar-refractivity contribution >= 4 is 0 Å². The molecule has 0 radical (unpaired) electrons. The monoisotopic (exact) mass is 295 g/mol. The molecule has 1 heterocycles. The van der Waals surface area contributed by atoms with Gasteiger partial charge in [0.05, 0.1) is 6.10 Å². The average molecular weight is 296 g/mol. The van der Waals surface area contributed by atoms with Crippen molar-refractivity contribution in [2.24, 2.45) is 5.92 Å². The summed E-state index contributed by atoms with van der Waals surface area (Å²) in [6, 6.07) is 0.708. The number of hydrogen-bond donors (Lipinski definition) is 2. The van der Waals surface area contributed by atoms with Gasteiger partial charge in [0.2, 0.25) is 0 Å². The normalized spacial score (nSPS) is 37.0. The molecule has 2 fully saturated rings. The topological polar surface area (TPSA) is 32.3 Å². The van der Waals surface area contributed by atoms with Gasteiger partial charge in [-0.3, -0.25) is 0 Å². The Bertz CT molecular complexity index is 289. The molecule has 0 amide bonds. The number of nitrogens with one attached hydrogen (secondary N) is 1. The van der Waals surface area contributed by atoms with Crippen LogP contribution in [-0.4, -0.2) is 22.8 Å². The van der Waals surface area contributed by atoms with Crippen molar-refractivity contribution in [3.8, 4) is 0 Å². The molecular weight excluding hydrogens is 258 g/mol. The largest absolute Gasteiger partial charge is 0.393 e. The maximum absolute atomic E-state index is 10.6. The van der Waals surface area contributed by atoms with Gasteiger partial charge >= 0.3 is 0 Å². The quantitative estimate of drug-likeness (QED) is 0.661. The number of aliphatic hydroxyl groups excluding tert-OH is 1. The van der Waals surface area contributed by atoms with Crippen molar-refractivity contribution in [2.75, 3.05) is 0 Å². The third-order valence-electron chi connectivity index (χ3n) is 5.99. The van der Waals surface area contributed by atoms with Crippen molar-refractivity contribution in [1.29, 1.82) is 0 Å². The molecule has 4 atom stereocenters. The number of hydrogen-bond acceptors (Lipinski definition) is 2. The molecule has 21 heavy (non-hydrogen) atoms. The van der Waals surface area contributed by atoms with Gasteiger partial charge in [-0.15, -0.1) is 0 Å². The van der Waals surface area contributed by atoms with Crippen LogP contribution in [0.4, 0.5) is 0 Å². The van der Waals surface area contributed by atoms with Gasteiger partial charge in [0.25, 0.3) is 0 Å². The Morgan fingerprint density at radius 2 is 1.67 bits per heavy atom. The van der Waals surface area contributed by atoms with Gasteiger partial charge < -0.3 is 10.4 Å². The molecule has 0 aromatic rings. The highest BCUT2D eigenvalue weighted by Gasteiger charge is 2.46. The van der Waals surface area contributed by atoms with E-state index in [1.54, 1.807) is 0 Å². The highest BCUT2D eigenvalue weighted by Crippen LogP contribution is 2.43. The fourth-order valence-corrected chi connectivity index (χ4v) is 4.84. The summed E-state index contributed by atoms with van der Waals surface area (Å²) in [5, 5.41) is 14.6. The summed E-state index contributed by atoms with van der Waals surface area (Å²) in [5.41, 5.74) is 0.266. The van der Waals surface area contributed by atoms with Gasteiger partial charge in [-0.05, 0) is 44.9 Å². The van der Waals surface area contributed by atoms with E-state index in [4.69, 9.17) is 0 Å². The second kappa shape index (κ2) is 8.53. The molecule has 0 aromatic carbocycles. The van der Waals surface area contributed by atoms with E-state index in [0.717, 1.165) is 6.42 Å². The highest BCUT2D eigenvalue weighted by atomic mass is 16.3. The minimum absolute atomic E-state index is 0.0628. The Labute approximate surface area is 132 Å². The summed E-state index contributed by atoms with van der Waals surface area (Å²) < 4.78 is 0. The lowest BCUT2D eigenvalue weighted by Gasteiger charge is -2.52. The maximum Gasteiger partial charge on any atom is 0.0586 e. The van der Waals surface area contributed by atoms with Gasteiger partial charge in [0.1, 0.15) is 0 Å². The third-order valence-corrected chi connectivity index (χ3v) is 5.99. The molecule has 0 bridgehead atoms. The van der Waals surface area contributed by atoms with E-state index in [0.29, 0.717) is 12.0 Å². The first-order valence-corrected chi connectivity index (χ1v) is 9.67. The number of piperidine rings is 1. The number of aliphatic hydroxyl groups is 1. The first kappa shape index (κ1) is 17.3. The molecule has 1 spiro atoms. The van der Waals surface area contributed by atoms with E-state index >= 15 is 0 Å². The zero-order valence-corrected chi connectivity index (χ0v) is 14.4. The van der Waals surface area contributed by atoms with Crippen molar-refractivity contribution in [2.45, 2.75) is 115 Å². The van der Waals surface area contributed by atoms with Gasteiger partial charge in [0.15, 0.2) is 0 Å². The van der Waals surface area contributed by atoms with Crippen LogP contribution in [0.1, 0.15) is 97.3 Å². The molecule has 1 aliphatic carbocycles. The molecule has 2 nitrogen and oxygen atoms in total. The van der Waals surface area contributed by atoms with Crippen LogP contribution in [-0.2, 0) is 0 Å². The van der Waals surface area contributed by atoms with Gasteiger partial charge in [-0.1, -0.05) is 52.4 Å². The minimum atomic E-state index is -0.0628. The SMILES string of the molecule is CCCCCC1CCC[C@]2(CCC[C@H](O)C2CCCC)N1. The van der Waals surface area contributed by atoms with Crippen LogP contribution in [0.25, 0.3) is 0 Å². The molecular formula is C19H37NO. The summed E-state index contributed by atoms with van der Waals surface area (Å²) >= 11 is 0. The van der Waals surface area contributed by atoms with Crippen molar-refractivity contribution < 1.29 is 5.11 Å². The molecule has 2 aliphatic rings. The van der Waals surface area contributed by atoms with E-state index in [1.807, 2.05) is 0 Å². The van der Waals surface area contributed by atoms with Gasteiger partial charge in [-0.25, -0.2) is 0 Å². The zero-order chi connectivity index (χ0) is 15.1. The standard InChI is InChI=1S/C19H37NO/c1-3-5-7-10-16-11-8-14-19(20-16)15-9-13-18(21)17(19)12-6-4-2/h16-18,20-21H,3-15H2,1-2H3/t16?,17?,18-,19+/m0/s1. The molecule has 1 saturated carbocycles. The van der Waals surface area contributed by atoms with Crippen LogP contribution >= 0.6 is 0 Å². The first-order chi connectivity index (χ1) is 10.2. The van der Waals surface area contributed by atoms with Crippen molar-refractivity contribution in [1.82, 2.24) is 5.32 Å². The smallest absolute Gasteiger partial charge is 0.0586 e. The zero-order valence-electron chi connectivity index (χ0n) is 14.4. The maximum atomic E-state index is 10.6. The van der Waals surface area contributed by atoms with Crippen LogP contribution < -0.4 is 5.32 Å². The Kier molecular flexibility index (Phi) is 7.01. The summed E-state index contributed by atoms with van der Waals surface area (Å²) in [4.78, 5) is 0. The lowest BCUT2D eigenvalue weighted by atomic mass is 9.64. The van der Waals surface area contributed by atoms with Gasteiger partial charge in [0, 0.05) is 17.5 Å². The molecule has 2 N–H and O–H groups in total. The summed E-state index contributed by atoms with van der Waals surface area (Å²) in [6.07, 6.45) is 16.6. The predicted molar refractivity (Wildman–Crippen MR) is 90.5 cm³/mol. The van der Waals surface area contributed by atoms with Gasteiger partial charge in [-0.2, -0.15) is 0 Å². The van der Waals surface area contributed by atoms with Crippen LogP contribution in [0.15, 0.2) is 0 Å². The first-order valence-electron chi connectivity index (χ1n) is 9.67. The Morgan fingerprint density at radius 3 is 2.38 bits per heavy atom. The molecule has 124 valence electrons. The van der Waals surface area contributed by atoms with Crippen LogP contribution in [0.3, 0.4) is 0 Å². The Balaban J connectivity index is 1.98. The highest BCUT2D eigenvalue weighted by molar-refractivity contribution is 5.04. The summed E-state index contributed by atoms with van der Waals surface area (Å²) in [7, 11) is 0. The molecule has 1 aliphatic heterocycles. The van der Waals surface area contributed by atoms with Crippen LogP contribution in [0, 0.1) is 5.92 Å². The Hall–Kier alpha value is -0.0800. The number of unbranched alkanes of at least 4 members (excludes halogenated alkanes) is 3. The van der Waals surface area contributed by atoms with E-state index in [2.05, 4.69) is 19.2 Å². The third kappa shape index (κ3) is 4.45. The lowest BCUT2D eigenvalue weighted by Crippen LogP contribution is -2.62. The van der Waals surface area contributed by atoms with E-state index in [9.17, 15) is 5.11 Å². The van der Waals surface area contributed by atoms with Crippen LogP contribution in [0.2, 0.25) is 0 Å². The van der Waals surface area contributed by atoms with Crippen LogP contribution in [0.5, 0.6) is 0 Å². The molecule has 1 saturated heterocycles. The second-order valence-electron chi connectivity index (χ2n) is 7.59. The molecule has 2 heteroatoms. The molecule has 2 unspecified atom stereocenters. The molecule has 0 aromatic heterocycles. The fourth-order valence-electron chi connectivity index (χ4n) is 4.84. The molecule has 2 rings (SSSR count). The van der Waals surface area contributed by atoms with Crippen molar-refractivity contribution in [3.05, 3.63) is 0 Å². The van der Waals surface area contributed by atoms with E-state index in [-0.39, 0.29) is 11.6 Å². The second-order valence-corrected chi connectivity index (χ2v) is 7.59. The lowest BCUT2D eigenvalue weighted by molar-refractivity contribution is -0.0257. The average Bonchev–Trinajstić information content (AvgIpc) is 2.47. The predicted octanol–water partition coefficient (Wildman–Crippen LogP) is 4.80. The number of rotatable bonds is 7. The van der Waals surface area contributed by atoms with E-state index in [1.165, 1.54) is 77.0 Å². The summed E-state index contributed by atoms with van der Waals surface area (Å²) in [5.74, 6) is 0.500. The minimum Gasteiger partial charge on any atom is -0.393 e.